The van der Waals surface area contributed by atoms with Gasteiger partial charge >= 0.3 is 0 Å². The van der Waals surface area contributed by atoms with E-state index in [2.05, 4.69) is 11.4 Å². The molecule has 1 aromatic heterocycles. The lowest BCUT2D eigenvalue weighted by molar-refractivity contribution is 0.393. The predicted octanol–water partition coefficient (Wildman–Crippen LogP) is 2.13. The second-order valence-electron chi connectivity index (χ2n) is 4.78. The minimum atomic E-state index is -0.000583. The Kier molecular flexibility index (Phi) is 4.58. The van der Waals surface area contributed by atoms with Gasteiger partial charge in [-0.25, -0.2) is 0 Å². The molecular formula is C16H20N2O2. The third-order valence-corrected chi connectivity index (χ3v) is 3.39. The van der Waals surface area contributed by atoms with Crippen LogP contribution in [0.2, 0.25) is 0 Å². The van der Waals surface area contributed by atoms with Crippen molar-refractivity contribution in [2.24, 2.45) is 0 Å². The summed E-state index contributed by atoms with van der Waals surface area (Å²) in [6.45, 7) is 2.61. The summed E-state index contributed by atoms with van der Waals surface area (Å²) < 4.78 is 7.12. The first-order valence-electron chi connectivity index (χ1n) is 6.63. The topological polar surface area (TPSA) is 43.3 Å². The van der Waals surface area contributed by atoms with E-state index >= 15 is 0 Å². The van der Waals surface area contributed by atoms with Crippen LogP contribution < -0.4 is 15.6 Å². The van der Waals surface area contributed by atoms with Crippen LogP contribution >= 0.6 is 0 Å². The van der Waals surface area contributed by atoms with Crippen LogP contribution in [0.15, 0.2) is 47.4 Å². The fourth-order valence-electron chi connectivity index (χ4n) is 2.28. The lowest BCUT2D eigenvalue weighted by Gasteiger charge is -2.21. The van der Waals surface area contributed by atoms with Crippen LogP contribution in [-0.2, 0) is 6.54 Å². The summed E-state index contributed by atoms with van der Waals surface area (Å²) in [5.74, 6) is 0.832. The summed E-state index contributed by atoms with van der Waals surface area (Å²) in [4.78, 5) is 11.8. The smallest absolute Gasteiger partial charge is 0.250 e. The average molecular weight is 272 g/mol. The normalized spacial score (nSPS) is 12.2. The lowest BCUT2D eigenvalue weighted by atomic mass is 10.0. The molecule has 1 heterocycles. The van der Waals surface area contributed by atoms with E-state index in [9.17, 15) is 4.79 Å². The molecule has 0 amide bonds. The number of nitrogens with zero attached hydrogens (tertiary/aromatic N) is 1. The van der Waals surface area contributed by atoms with E-state index < -0.39 is 0 Å². The highest BCUT2D eigenvalue weighted by atomic mass is 16.5. The van der Waals surface area contributed by atoms with Crippen molar-refractivity contribution >= 4 is 0 Å². The van der Waals surface area contributed by atoms with E-state index in [0.717, 1.165) is 11.3 Å². The van der Waals surface area contributed by atoms with Crippen LogP contribution in [-0.4, -0.2) is 18.7 Å². The highest BCUT2D eigenvalue weighted by Gasteiger charge is 2.15. The molecule has 2 aromatic rings. The van der Waals surface area contributed by atoms with Crippen molar-refractivity contribution in [1.82, 2.24) is 9.88 Å². The van der Waals surface area contributed by atoms with Crippen LogP contribution in [0.25, 0.3) is 0 Å². The Morgan fingerprint density at radius 2 is 2.10 bits per heavy atom. The van der Waals surface area contributed by atoms with E-state index in [0.29, 0.717) is 6.54 Å². The van der Waals surface area contributed by atoms with Crippen LogP contribution in [0, 0.1) is 6.92 Å². The van der Waals surface area contributed by atoms with Gasteiger partial charge in [0, 0.05) is 24.4 Å². The summed E-state index contributed by atoms with van der Waals surface area (Å²) in [7, 11) is 3.55. The maximum absolute atomic E-state index is 11.8. The quantitative estimate of drug-likeness (QED) is 0.906. The zero-order valence-electron chi connectivity index (χ0n) is 12.1. The molecule has 4 heteroatoms. The number of rotatable bonds is 5. The number of hydrogen-bond donors (Lipinski definition) is 1. The molecule has 0 saturated carbocycles. The molecule has 0 fully saturated rings. The van der Waals surface area contributed by atoms with Crippen molar-refractivity contribution in [2.75, 3.05) is 14.2 Å². The van der Waals surface area contributed by atoms with Crippen molar-refractivity contribution in [3.05, 3.63) is 64.1 Å². The maximum Gasteiger partial charge on any atom is 0.250 e. The zero-order chi connectivity index (χ0) is 14.5. The van der Waals surface area contributed by atoms with Crippen molar-refractivity contribution in [1.29, 1.82) is 0 Å². The van der Waals surface area contributed by atoms with Crippen molar-refractivity contribution in [3.8, 4) is 5.75 Å². The largest absolute Gasteiger partial charge is 0.496 e. The fourth-order valence-corrected chi connectivity index (χ4v) is 2.28. The number of methoxy groups -OCH3 is 1. The van der Waals surface area contributed by atoms with Gasteiger partial charge in [-0.05, 0) is 26.1 Å². The third-order valence-electron chi connectivity index (χ3n) is 3.39. The second-order valence-corrected chi connectivity index (χ2v) is 4.78. The first kappa shape index (κ1) is 14.3. The predicted molar refractivity (Wildman–Crippen MR) is 80.2 cm³/mol. The van der Waals surface area contributed by atoms with Gasteiger partial charge in [0.1, 0.15) is 5.75 Å². The molecule has 0 radical (unpaired) electrons. The zero-order valence-corrected chi connectivity index (χ0v) is 12.1. The molecule has 0 spiro atoms. The van der Waals surface area contributed by atoms with Gasteiger partial charge < -0.3 is 14.6 Å². The molecule has 0 aliphatic rings. The molecule has 20 heavy (non-hydrogen) atoms. The Balaban J connectivity index is 2.36. The van der Waals surface area contributed by atoms with E-state index in [1.165, 1.54) is 5.56 Å². The number of benzene rings is 1. The number of pyridine rings is 1. The highest BCUT2D eigenvalue weighted by Crippen LogP contribution is 2.26. The number of nitrogens with one attached hydrogen (secondary N) is 1. The highest BCUT2D eigenvalue weighted by molar-refractivity contribution is 5.39. The third kappa shape index (κ3) is 3.08. The standard InChI is InChI=1S/C16H20N2O2/c1-12-7-8-15(20-3)13(10-12)14(17-2)11-18-9-5-4-6-16(18)19/h4-10,14,17H,11H2,1-3H3. The molecule has 1 unspecified atom stereocenters. The summed E-state index contributed by atoms with van der Waals surface area (Å²) in [6.07, 6.45) is 1.80. The first-order chi connectivity index (χ1) is 9.65. The molecular weight excluding hydrogens is 252 g/mol. The number of aryl methyl sites for hydroxylation is 1. The Labute approximate surface area is 119 Å². The van der Waals surface area contributed by atoms with Crippen LogP contribution in [0.4, 0.5) is 0 Å². The van der Waals surface area contributed by atoms with Gasteiger partial charge in [0.25, 0.3) is 5.56 Å². The molecule has 0 aliphatic heterocycles. The number of aromatic nitrogens is 1. The molecule has 2 rings (SSSR count). The van der Waals surface area contributed by atoms with Crippen molar-refractivity contribution < 1.29 is 4.74 Å². The molecule has 106 valence electrons. The van der Waals surface area contributed by atoms with Crippen LogP contribution in [0.1, 0.15) is 17.2 Å². The Morgan fingerprint density at radius 1 is 1.30 bits per heavy atom. The van der Waals surface area contributed by atoms with Gasteiger partial charge in [0.2, 0.25) is 0 Å². The SMILES string of the molecule is CNC(Cn1ccccc1=O)c1cc(C)ccc1OC. The Bertz CT molecular complexity index is 634. The monoisotopic (exact) mass is 272 g/mol. The molecule has 0 bridgehead atoms. The van der Waals surface area contributed by atoms with E-state index in [1.807, 2.05) is 32.2 Å². The minimum absolute atomic E-state index is 0.000583. The lowest BCUT2D eigenvalue weighted by Crippen LogP contribution is -2.28. The summed E-state index contributed by atoms with van der Waals surface area (Å²) in [5.41, 5.74) is 2.23. The molecule has 0 aliphatic carbocycles. The van der Waals surface area contributed by atoms with Gasteiger partial charge in [0.15, 0.2) is 0 Å². The molecule has 1 atom stereocenters. The number of ether oxygens (including phenoxy) is 1. The van der Waals surface area contributed by atoms with E-state index in [4.69, 9.17) is 4.74 Å². The van der Waals surface area contributed by atoms with Crippen molar-refractivity contribution in [2.45, 2.75) is 19.5 Å². The summed E-state index contributed by atoms with van der Waals surface area (Å²) in [6, 6.07) is 11.3. The molecule has 4 nitrogen and oxygen atoms in total. The number of likely N-dealkylation sites (N-methyl/N-ethyl adjacent to an activating group) is 1. The minimum Gasteiger partial charge on any atom is -0.496 e. The second kappa shape index (κ2) is 6.39. The number of hydrogen-bond acceptors (Lipinski definition) is 3. The molecule has 0 saturated heterocycles. The summed E-state index contributed by atoms with van der Waals surface area (Å²) in [5, 5.41) is 3.26. The van der Waals surface area contributed by atoms with Gasteiger partial charge in [-0.1, -0.05) is 23.8 Å². The molecule has 1 N–H and O–H groups in total. The summed E-state index contributed by atoms with van der Waals surface area (Å²) >= 11 is 0. The maximum atomic E-state index is 11.8. The van der Waals surface area contributed by atoms with Gasteiger partial charge in [-0.15, -0.1) is 0 Å². The van der Waals surface area contributed by atoms with Crippen LogP contribution in [0.3, 0.4) is 0 Å². The van der Waals surface area contributed by atoms with Crippen LogP contribution in [0.5, 0.6) is 5.75 Å². The Morgan fingerprint density at radius 3 is 2.75 bits per heavy atom. The first-order valence-corrected chi connectivity index (χ1v) is 6.63. The average Bonchev–Trinajstić information content (AvgIpc) is 2.46. The Hall–Kier alpha value is -2.07. The van der Waals surface area contributed by atoms with E-state index in [-0.39, 0.29) is 11.6 Å². The molecule has 1 aromatic carbocycles. The fraction of sp³-hybridized carbons (Fsp3) is 0.312. The van der Waals surface area contributed by atoms with E-state index in [1.54, 1.807) is 30.0 Å². The van der Waals surface area contributed by atoms with Gasteiger partial charge in [-0.3, -0.25) is 4.79 Å². The van der Waals surface area contributed by atoms with Crippen molar-refractivity contribution in [3.63, 3.8) is 0 Å². The van der Waals surface area contributed by atoms with Gasteiger partial charge in [-0.2, -0.15) is 0 Å². The van der Waals surface area contributed by atoms with Gasteiger partial charge in [0.05, 0.1) is 13.2 Å².